The molecule has 2 aliphatic carbocycles. The van der Waals surface area contributed by atoms with Crippen LogP contribution in [0.5, 0.6) is 0 Å². The van der Waals surface area contributed by atoms with E-state index in [2.05, 4.69) is 26.1 Å². The third-order valence-electron chi connectivity index (χ3n) is 4.96. The second-order valence-electron chi connectivity index (χ2n) is 7.17. The molecule has 1 N–H and O–H groups in total. The molecule has 0 aromatic carbocycles. The molecule has 0 radical (unpaired) electrons. The van der Waals surface area contributed by atoms with Crippen molar-refractivity contribution in [2.45, 2.75) is 78.2 Å². The van der Waals surface area contributed by atoms with Crippen LogP contribution in [-0.4, -0.2) is 12.6 Å². The zero-order valence-electron chi connectivity index (χ0n) is 12.1. The molecule has 2 fully saturated rings. The zero-order chi connectivity index (χ0) is 12.3. The van der Waals surface area contributed by atoms with Crippen molar-refractivity contribution in [1.82, 2.24) is 5.32 Å². The maximum atomic E-state index is 3.70. The molecule has 1 unspecified atom stereocenters. The van der Waals surface area contributed by atoms with Gasteiger partial charge < -0.3 is 5.32 Å². The molecule has 0 bridgehead atoms. The van der Waals surface area contributed by atoms with E-state index >= 15 is 0 Å². The van der Waals surface area contributed by atoms with Crippen molar-refractivity contribution < 1.29 is 0 Å². The lowest BCUT2D eigenvalue weighted by atomic mass is 9.72. The normalized spacial score (nSPS) is 26.1. The van der Waals surface area contributed by atoms with Gasteiger partial charge in [0.05, 0.1) is 0 Å². The van der Waals surface area contributed by atoms with E-state index < -0.39 is 0 Å². The number of hydrogen-bond acceptors (Lipinski definition) is 1. The van der Waals surface area contributed by atoms with E-state index in [0.29, 0.717) is 11.5 Å². The lowest BCUT2D eigenvalue weighted by molar-refractivity contribution is 0.165. The van der Waals surface area contributed by atoms with E-state index in [1.54, 1.807) is 0 Å². The van der Waals surface area contributed by atoms with Crippen LogP contribution in [0.1, 0.15) is 72.1 Å². The molecule has 2 rings (SSSR count). The molecule has 0 amide bonds. The van der Waals surface area contributed by atoms with Crippen LogP contribution in [-0.2, 0) is 0 Å². The molecule has 2 saturated carbocycles. The van der Waals surface area contributed by atoms with E-state index in [1.807, 2.05) is 0 Å². The second-order valence-corrected chi connectivity index (χ2v) is 7.17. The fourth-order valence-corrected chi connectivity index (χ4v) is 3.65. The Balaban J connectivity index is 1.86. The van der Waals surface area contributed by atoms with Gasteiger partial charge in [0.2, 0.25) is 0 Å². The fraction of sp³-hybridized carbons (Fsp3) is 1.00. The number of hydrogen-bond donors (Lipinski definition) is 1. The van der Waals surface area contributed by atoms with Gasteiger partial charge in [0, 0.05) is 12.6 Å². The summed E-state index contributed by atoms with van der Waals surface area (Å²) in [4.78, 5) is 0. The number of nitrogens with one attached hydrogen (secondary N) is 1. The average molecular weight is 237 g/mol. The van der Waals surface area contributed by atoms with Crippen LogP contribution >= 0.6 is 0 Å². The maximum absolute atomic E-state index is 3.70. The molecule has 100 valence electrons. The Morgan fingerprint density at radius 3 is 2.24 bits per heavy atom. The minimum absolute atomic E-state index is 0.590. The third kappa shape index (κ3) is 3.98. The summed E-state index contributed by atoms with van der Waals surface area (Å²) in [6.07, 6.45) is 11.9. The van der Waals surface area contributed by atoms with Crippen LogP contribution in [0, 0.1) is 17.3 Å². The summed E-state index contributed by atoms with van der Waals surface area (Å²) < 4.78 is 0. The van der Waals surface area contributed by atoms with Crippen molar-refractivity contribution >= 4 is 0 Å². The van der Waals surface area contributed by atoms with Crippen LogP contribution in [0.4, 0.5) is 0 Å². The first-order valence-corrected chi connectivity index (χ1v) is 7.83. The first-order valence-electron chi connectivity index (χ1n) is 7.83. The molecule has 1 heteroatoms. The quantitative estimate of drug-likeness (QED) is 0.723. The van der Waals surface area contributed by atoms with Crippen molar-refractivity contribution in [1.29, 1.82) is 0 Å². The molecule has 17 heavy (non-hydrogen) atoms. The van der Waals surface area contributed by atoms with E-state index in [1.165, 1.54) is 57.9 Å². The van der Waals surface area contributed by atoms with E-state index in [4.69, 9.17) is 0 Å². The highest BCUT2D eigenvalue weighted by Crippen LogP contribution is 2.50. The summed E-state index contributed by atoms with van der Waals surface area (Å²) >= 11 is 0. The van der Waals surface area contributed by atoms with Gasteiger partial charge in [-0.15, -0.1) is 0 Å². The molecule has 0 heterocycles. The van der Waals surface area contributed by atoms with Crippen molar-refractivity contribution in [2.24, 2.45) is 17.3 Å². The Bertz CT molecular complexity index is 226. The lowest BCUT2D eigenvalue weighted by Gasteiger charge is -2.36. The van der Waals surface area contributed by atoms with Crippen molar-refractivity contribution in [3.63, 3.8) is 0 Å². The topological polar surface area (TPSA) is 12.0 Å². The van der Waals surface area contributed by atoms with Gasteiger partial charge >= 0.3 is 0 Å². The minimum Gasteiger partial charge on any atom is -0.314 e. The Hall–Kier alpha value is -0.0400. The van der Waals surface area contributed by atoms with Crippen LogP contribution in [0.15, 0.2) is 0 Å². The molecule has 0 spiro atoms. The monoisotopic (exact) mass is 237 g/mol. The molecular weight excluding hydrogens is 206 g/mol. The molecule has 0 aliphatic heterocycles. The first-order chi connectivity index (χ1) is 8.10. The molecular formula is C16H31N. The highest BCUT2D eigenvalue weighted by atomic mass is 14.9. The highest BCUT2D eigenvalue weighted by Gasteiger charge is 2.42. The third-order valence-corrected chi connectivity index (χ3v) is 4.96. The fourth-order valence-electron chi connectivity index (χ4n) is 3.65. The molecule has 2 aliphatic rings. The molecule has 0 aromatic rings. The summed E-state index contributed by atoms with van der Waals surface area (Å²) in [7, 11) is 0. The maximum Gasteiger partial charge on any atom is 0.00106 e. The van der Waals surface area contributed by atoms with Crippen LogP contribution in [0.2, 0.25) is 0 Å². The van der Waals surface area contributed by atoms with E-state index in [9.17, 15) is 0 Å². The summed E-state index contributed by atoms with van der Waals surface area (Å²) in [5.41, 5.74) is 0.590. The summed E-state index contributed by atoms with van der Waals surface area (Å²) in [6, 6.07) is 0.638. The summed E-state index contributed by atoms with van der Waals surface area (Å²) in [5, 5.41) is 3.70. The average Bonchev–Trinajstić information content (AvgIpc) is 3.12. The van der Waals surface area contributed by atoms with Gasteiger partial charge in [0.15, 0.2) is 0 Å². The predicted octanol–water partition coefficient (Wildman–Crippen LogP) is 4.37. The Morgan fingerprint density at radius 2 is 1.71 bits per heavy atom. The molecule has 0 saturated heterocycles. The van der Waals surface area contributed by atoms with Crippen LogP contribution in [0.3, 0.4) is 0 Å². The zero-order valence-corrected chi connectivity index (χ0v) is 12.1. The van der Waals surface area contributed by atoms with Gasteiger partial charge in [0.25, 0.3) is 0 Å². The van der Waals surface area contributed by atoms with Gasteiger partial charge in [-0.25, -0.2) is 0 Å². The number of rotatable bonds is 6. The minimum atomic E-state index is 0.590. The largest absolute Gasteiger partial charge is 0.314 e. The SMILES string of the molecule is CC(C)NCC(C)(CC1CCCCC1)C1CC1. The van der Waals surface area contributed by atoms with Gasteiger partial charge in [-0.2, -0.15) is 0 Å². The summed E-state index contributed by atoms with van der Waals surface area (Å²) in [5.74, 6) is 2.05. The Morgan fingerprint density at radius 1 is 1.06 bits per heavy atom. The lowest BCUT2D eigenvalue weighted by Crippen LogP contribution is -2.38. The van der Waals surface area contributed by atoms with Gasteiger partial charge in [0.1, 0.15) is 0 Å². The van der Waals surface area contributed by atoms with E-state index in [-0.39, 0.29) is 0 Å². The molecule has 0 aromatic heterocycles. The standard InChI is InChI=1S/C16H31N/c1-13(2)17-12-16(3,15-9-10-15)11-14-7-5-4-6-8-14/h13-15,17H,4-12H2,1-3H3. The van der Waals surface area contributed by atoms with Crippen LogP contribution < -0.4 is 5.32 Å². The van der Waals surface area contributed by atoms with Crippen LogP contribution in [0.25, 0.3) is 0 Å². The molecule has 1 nitrogen and oxygen atoms in total. The van der Waals surface area contributed by atoms with Gasteiger partial charge in [-0.05, 0) is 36.5 Å². The van der Waals surface area contributed by atoms with E-state index in [0.717, 1.165) is 11.8 Å². The Kier molecular flexibility index (Phi) is 4.52. The smallest absolute Gasteiger partial charge is 0.00106 e. The van der Waals surface area contributed by atoms with Crippen molar-refractivity contribution in [3.8, 4) is 0 Å². The van der Waals surface area contributed by atoms with Crippen molar-refractivity contribution in [3.05, 3.63) is 0 Å². The van der Waals surface area contributed by atoms with Crippen molar-refractivity contribution in [2.75, 3.05) is 6.54 Å². The molecule has 1 atom stereocenters. The first kappa shape index (κ1) is 13.4. The van der Waals surface area contributed by atoms with Gasteiger partial charge in [-0.1, -0.05) is 52.9 Å². The summed E-state index contributed by atoms with van der Waals surface area (Å²) in [6.45, 7) is 8.34. The predicted molar refractivity (Wildman–Crippen MR) is 75.2 cm³/mol. The Labute approximate surface area is 108 Å². The highest BCUT2D eigenvalue weighted by molar-refractivity contribution is 4.94. The van der Waals surface area contributed by atoms with Gasteiger partial charge in [-0.3, -0.25) is 0 Å². The second kappa shape index (κ2) is 5.73.